The molecule has 1 aromatic carbocycles. The minimum Gasteiger partial charge on any atom is -0.465 e. The smallest absolute Gasteiger partial charge is 0.340 e. The van der Waals surface area contributed by atoms with Crippen LogP contribution in [0.1, 0.15) is 26.5 Å². The fourth-order valence-electron chi connectivity index (χ4n) is 2.74. The van der Waals surface area contributed by atoms with Crippen molar-refractivity contribution in [2.45, 2.75) is 20.8 Å². The maximum absolute atomic E-state index is 12.3. The van der Waals surface area contributed by atoms with Crippen LogP contribution in [0.25, 0.3) is 21.3 Å². The molecule has 2 aromatic heterocycles. The van der Waals surface area contributed by atoms with E-state index in [4.69, 9.17) is 4.74 Å². The van der Waals surface area contributed by atoms with Crippen LogP contribution in [0.2, 0.25) is 0 Å². The molecule has 0 aliphatic carbocycles. The van der Waals surface area contributed by atoms with Crippen LogP contribution in [-0.4, -0.2) is 18.1 Å². The van der Waals surface area contributed by atoms with Gasteiger partial charge >= 0.3 is 5.97 Å². The maximum Gasteiger partial charge on any atom is 0.340 e. The van der Waals surface area contributed by atoms with Crippen LogP contribution in [0.5, 0.6) is 0 Å². The number of hydrogen-bond donors (Lipinski definition) is 0. The molecule has 2 heterocycles. The van der Waals surface area contributed by atoms with Gasteiger partial charge in [-0.15, -0.1) is 11.3 Å². The van der Waals surface area contributed by atoms with E-state index in [1.165, 1.54) is 17.6 Å². The van der Waals surface area contributed by atoms with Gasteiger partial charge in [0.1, 0.15) is 4.83 Å². The van der Waals surface area contributed by atoms with E-state index in [0.717, 1.165) is 21.3 Å². The summed E-state index contributed by atoms with van der Waals surface area (Å²) in [4.78, 5) is 19.2. The summed E-state index contributed by atoms with van der Waals surface area (Å²) in [5.74, 6) is -0.339. The fourth-order valence-corrected chi connectivity index (χ4v) is 3.83. The van der Waals surface area contributed by atoms with Crippen molar-refractivity contribution < 1.29 is 9.53 Å². The predicted octanol–water partition coefficient (Wildman–Crippen LogP) is 4.68. The Balaban J connectivity index is 2.50. The van der Waals surface area contributed by atoms with E-state index >= 15 is 0 Å². The number of aromatic nitrogens is 1. The normalized spacial score (nSPS) is 10.9. The first-order valence-corrected chi connectivity index (χ1v) is 7.90. The number of carbonyl (C=O) groups is 1. The van der Waals surface area contributed by atoms with Crippen LogP contribution in [-0.2, 0) is 4.74 Å². The molecule has 0 aliphatic heterocycles. The number of hydrogen-bond acceptors (Lipinski definition) is 4. The molecule has 0 aliphatic rings. The lowest BCUT2D eigenvalue weighted by molar-refractivity contribution is 0.0600. The van der Waals surface area contributed by atoms with Crippen LogP contribution in [0.4, 0.5) is 0 Å². The third-order valence-corrected chi connectivity index (χ3v) is 5.05. The summed E-state index contributed by atoms with van der Waals surface area (Å²) < 4.78 is 5.00. The van der Waals surface area contributed by atoms with Gasteiger partial charge in [-0.3, -0.25) is 0 Å². The highest BCUT2D eigenvalue weighted by Crippen LogP contribution is 2.39. The van der Waals surface area contributed by atoms with Crippen molar-refractivity contribution >= 4 is 27.5 Å². The van der Waals surface area contributed by atoms with Gasteiger partial charge in [-0.25, -0.2) is 9.78 Å². The summed E-state index contributed by atoms with van der Waals surface area (Å²) in [5.41, 5.74) is 4.38. The Bertz CT molecular complexity index is 866. The van der Waals surface area contributed by atoms with E-state index in [-0.39, 0.29) is 5.97 Å². The first-order chi connectivity index (χ1) is 10.5. The molecule has 0 bridgehead atoms. The quantitative estimate of drug-likeness (QED) is 0.645. The highest BCUT2D eigenvalue weighted by atomic mass is 32.1. The highest BCUT2D eigenvalue weighted by Gasteiger charge is 2.23. The number of nitrogens with zero attached hydrogens (tertiary/aromatic N) is 1. The van der Waals surface area contributed by atoms with Crippen molar-refractivity contribution in [3.63, 3.8) is 0 Å². The zero-order chi connectivity index (χ0) is 15.9. The molecular formula is C18H17NO2S. The molecular weight excluding hydrogens is 294 g/mol. The summed E-state index contributed by atoms with van der Waals surface area (Å²) in [6.45, 7) is 6.03. The Morgan fingerprint density at radius 1 is 1.14 bits per heavy atom. The van der Waals surface area contributed by atoms with Crippen LogP contribution in [0.3, 0.4) is 0 Å². The van der Waals surface area contributed by atoms with Crippen LogP contribution >= 0.6 is 11.3 Å². The second kappa shape index (κ2) is 5.54. The van der Waals surface area contributed by atoms with Crippen molar-refractivity contribution in [3.8, 4) is 11.1 Å². The summed E-state index contributed by atoms with van der Waals surface area (Å²) in [6, 6.07) is 9.97. The average Bonchev–Trinajstić information content (AvgIpc) is 2.80. The molecule has 4 heteroatoms. The predicted molar refractivity (Wildman–Crippen MR) is 90.6 cm³/mol. The van der Waals surface area contributed by atoms with Gasteiger partial charge in [0.05, 0.1) is 18.4 Å². The largest absolute Gasteiger partial charge is 0.465 e. The number of thiophene rings is 1. The van der Waals surface area contributed by atoms with E-state index in [1.807, 2.05) is 37.3 Å². The molecule has 22 heavy (non-hydrogen) atoms. The van der Waals surface area contributed by atoms with Gasteiger partial charge in [0.25, 0.3) is 0 Å². The van der Waals surface area contributed by atoms with Crippen molar-refractivity contribution in [2.24, 2.45) is 0 Å². The van der Waals surface area contributed by atoms with Crippen molar-refractivity contribution in [1.82, 2.24) is 4.98 Å². The van der Waals surface area contributed by atoms with Crippen LogP contribution in [0, 0.1) is 20.8 Å². The number of benzene rings is 1. The summed E-state index contributed by atoms with van der Waals surface area (Å²) in [5, 5.41) is 1.06. The SMILES string of the molecule is COC(=O)c1c(C)nc2sc(C)c(C)c2c1-c1ccccc1. The summed E-state index contributed by atoms with van der Waals surface area (Å²) >= 11 is 1.67. The van der Waals surface area contributed by atoms with E-state index < -0.39 is 0 Å². The van der Waals surface area contributed by atoms with Gasteiger partial charge in [0.2, 0.25) is 0 Å². The molecule has 0 spiro atoms. The number of rotatable bonds is 2. The third-order valence-electron chi connectivity index (χ3n) is 3.95. The first-order valence-electron chi connectivity index (χ1n) is 7.08. The molecule has 0 amide bonds. The zero-order valence-electron chi connectivity index (χ0n) is 13.1. The Kier molecular flexibility index (Phi) is 3.71. The molecule has 0 fully saturated rings. The number of ether oxygens (including phenoxy) is 1. The molecule has 3 rings (SSSR count). The number of aryl methyl sites for hydroxylation is 3. The van der Waals surface area contributed by atoms with Gasteiger partial charge in [-0.05, 0) is 31.9 Å². The highest BCUT2D eigenvalue weighted by molar-refractivity contribution is 7.18. The number of carbonyl (C=O) groups excluding carboxylic acids is 1. The zero-order valence-corrected chi connectivity index (χ0v) is 13.9. The van der Waals surface area contributed by atoms with Gasteiger partial charge < -0.3 is 4.74 Å². The second-order valence-electron chi connectivity index (χ2n) is 5.27. The molecule has 0 saturated carbocycles. The lowest BCUT2D eigenvalue weighted by Crippen LogP contribution is -2.08. The third kappa shape index (κ3) is 2.20. The lowest BCUT2D eigenvalue weighted by atomic mass is 9.94. The monoisotopic (exact) mass is 311 g/mol. The molecule has 0 atom stereocenters. The average molecular weight is 311 g/mol. The first kappa shape index (κ1) is 14.7. The molecule has 3 nitrogen and oxygen atoms in total. The van der Waals surface area contributed by atoms with Gasteiger partial charge in [0, 0.05) is 15.8 Å². The van der Waals surface area contributed by atoms with E-state index in [2.05, 4.69) is 18.8 Å². The molecule has 3 aromatic rings. The Morgan fingerprint density at radius 2 is 1.82 bits per heavy atom. The Hall–Kier alpha value is -2.20. The summed E-state index contributed by atoms with van der Waals surface area (Å²) in [6.07, 6.45) is 0. The van der Waals surface area contributed by atoms with Crippen molar-refractivity contribution in [2.75, 3.05) is 7.11 Å². The van der Waals surface area contributed by atoms with Crippen molar-refractivity contribution in [3.05, 3.63) is 52.0 Å². The Morgan fingerprint density at radius 3 is 2.45 bits per heavy atom. The van der Waals surface area contributed by atoms with Gasteiger partial charge in [0.15, 0.2) is 0 Å². The number of methoxy groups -OCH3 is 1. The second-order valence-corrected chi connectivity index (χ2v) is 6.47. The fraction of sp³-hybridized carbons (Fsp3) is 0.222. The number of fused-ring (bicyclic) bond motifs is 1. The van der Waals surface area contributed by atoms with Crippen molar-refractivity contribution in [1.29, 1.82) is 0 Å². The van der Waals surface area contributed by atoms with Crippen LogP contribution in [0.15, 0.2) is 30.3 Å². The summed E-state index contributed by atoms with van der Waals surface area (Å²) in [7, 11) is 1.41. The topological polar surface area (TPSA) is 39.2 Å². The molecule has 0 saturated heterocycles. The van der Waals surface area contributed by atoms with Gasteiger partial charge in [-0.1, -0.05) is 30.3 Å². The van der Waals surface area contributed by atoms with E-state index in [1.54, 1.807) is 11.3 Å². The molecule has 0 N–H and O–H groups in total. The Labute approximate surface area is 133 Å². The lowest BCUT2D eigenvalue weighted by Gasteiger charge is -2.13. The van der Waals surface area contributed by atoms with Gasteiger partial charge in [-0.2, -0.15) is 0 Å². The standard InChI is InChI=1S/C18H17NO2S/c1-10-12(3)22-17-14(10)16(13-8-6-5-7-9-13)15(11(2)19-17)18(20)21-4/h5-9H,1-4H3. The number of pyridine rings is 1. The minimum absolute atomic E-state index is 0.339. The number of esters is 1. The van der Waals surface area contributed by atoms with E-state index in [9.17, 15) is 4.79 Å². The maximum atomic E-state index is 12.3. The molecule has 112 valence electrons. The minimum atomic E-state index is -0.339. The van der Waals surface area contributed by atoms with E-state index in [0.29, 0.717) is 11.3 Å². The molecule has 0 unspecified atom stereocenters. The molecule has 0 radical (unpaired) electrons. The van der Waals surface area contributed by atoms with Crippen LogP contribution < -0.4 is 0 Å².